The lowest BCUT2D eigenvalue weighted by Gasteiger charge is -2.14. The van der Waals surface area contributed by atoms with Crippen molar-refractivity contribution in [3.63, 3.8) is 0 Å². The Balaban J connectivity index is 1.71. The van der Waals surface area contributed by atoms with Crippen molar-refractivity contribution < 1.29 is 22.7 Å². The highest BCUT2D eigenvalue weighted by atomic mass is 32.2. The van der Waals surface area contributed by atoms with E-state index in [-0.39, 0.29) is 42.4 Å². The van der Waals surface area contributed by atoms with Crippen molar-refractivity contribution in [3.8, 4) is 0 Å². The van der Waals surface area contributed by atoms with E-state index in [1.54, 1.807) is 0 Å². The van der Waals surface area contributed by atoms with Crippen molar-refractivity contribution in [2.75, 3.05) is 18.1 Å². The highest BCUT2D eigenvalue weighted by molar-refractivity contribution is 7.91. The Bertz CT molecular complexity index is 656. The van der Waals surface area contributed by atoms with Crippen LogP contribution >= 0.6 is 0 Å². The van der Waals surface area contributed by atoms with Gasteiger partial charge in [0, 0.05) is 6.42 Å². The lowest BCUT2D eigenvalue weighted by Crippen LogP contribution is -2.31. The number of nitrogens with one attached hydrogen (secondary N) is 1. The Morgan fingerprint density at radius 3 is 2.61 bits per heavy atom. The molecule has 126 valence electrons. The van der Waals surface area contributed by atoms with Crippen molar-refractivity contribution in [3.05, 3.63) is 35.9 Å². The molecule has 0 aliphatic carbocycles. The van der Waals surface area contributed by atoms with Crippen molar-refractivity contribution in [1.82, 2.24) is 5.32 Å². The van der Waals surface area contributed by atoms with Crippen LogP contribution < -0.4 is 5.32 Å². The molecule has 1 aromatic carbocycles. The molecular formula is C16H21NO5S. The number of sulfone groups is 1. The van der Waals surface area contributed by atoms with E-state index in [0.717, 1.165) is 5.56 Å². The van der Waals surface area contributed by atoms with Crippen LogP contribution in [0.15, 0.2) is 30.3 Å². The van der Waals surface area contributed by atoms with E-state index in [2.05, 4.69) is 5.32 Å². The van der Waals surface area contributed by atoms with Crippen molar-refractivity contribution in [1.29, 1.82) is 0 Å². The van der Waals surface area contributed by atoms with Gasteiger partial charge in [0.25, 0.3) is 5.91 Å². The highest BCUT2D eigenvalue weighted by Crippen LogP contribution is 2.21. The minimum atomic E-state index is -3.01. The minimum absolute atomic E-state index is 0.0271. The van der Waals surface area contributed by atoms with Gasteiger partial charge in [0.1, 0.15) is 0 Å². The van der Waals surface area contributed by atoms with E-state index < -0.39 is 15.8 Å². The summed E-state index contributed by atoms with van der Waals surface area (Å²) in [6.45, 7) is 1.49. The zero-order chi connectivity index (χ0) is 16.9. The molecule has 1 saturated heterocycles. The summed E-state index contributed by atoms with van der Waals surface area (Å²) in [6, 6.07) is 9.28. The van der Waals surface area contributed by atoms with Crippen molar-refractivity contribution in [2.45, 2.75) is 25.8 Å². The average molecular weight is 339 g/mol. The number of benzene rings is 1. The summed E-state index contributed by atoms with van der Waals surface area (Å²) in [6.07, 6.45) is 0.523. The lowest BCUT2D eigenvalue weighted by molar-refractivity contribution is -0.149. The molecule has 2 atom stereocenters. The summed E-state index contributed by atoms with van der Waals surface area (Å²) in [4.78, 5) is 23.5. The van der Waals surface area contributed by atoms with Gasteiger partial charge in [-0.15, -0.1) is 0 Å². The summed E-state index contributed by atoms with van der Waals surface area (Å²) in [5.74, 6) is -0.957. The van der Waals surface area contributed by atoms with E-state index in [9.17, 15) is 18.0 Å². The predicted octanol–water partition coefficient (Wildman–Crippen LogP) is 1.23. The second-order valence-corrected chi connectivity index (χ2v) is 8.06. The summed E-state index contributed by atoms with van der Waals surface area (Å²) in [7, 11) is -3.01. The van der Waals surface area contributed by atoms with Gasteiger partial charge in [0.15, 0.2) is 16.4 Å². The Morgan fingerprint density at radius 2 is 2.00 bits per heavy atom. The van der Waals surface area contributed by atoms with E-state index in [1.807, 2.05) is 37.3 Å². The van der Waals surface area contributed by atoms with Crippen LogP contribution in [0.5, 0.6) is 0 Å². The first-order valence-electron chi connectivity index (χ1n) is 7.56. The number of rotatable bonds is 6. The van der Waals surface area contributed by atoms with Gasteiger partial charge in [-0.1, -0.05) is 30.3 Å². The SMILES string of the molecule is C[C@H](NC(=O)COC(=O)C[C@H]1CCS(=O)(=O)C1)c1ccccc1. The van der Waals surface area contributed by atoms with Crippen LogP contribution in [0.4, 0.5) is 0 Å². The van der Waals surface area contributed by atoms with Crippen molar-refractivity contribution >= 4 is 21.7 Å². The molecule has 0 bridgehead atoms. The van der Waals surface area contributed by atoms with Crippen molar-refractivity contribution in [2.24, 2.45) is 5.92 Å². The molecular weight excluding hydrogens is 318 g/mol. The maximum Gasteiger partial charge on any atom is 0.306 e. The summed E-state index contributed by atoms with van der Waals surface area (Å²) < 4.78 is 27.6. The number of amides is 1. The van der Waals surface area contributed by atoms with Gasteiger partial charge in [0.05, 0.1) is 17.5 Å². The molecule has 6 nitrogen and oxygen atoms in total. The maximum absolute atomic E-state index is 11.8. The number of carbonyl (C=O) groups excluding carboxylic acids is 2. The fourth-order valence-electron chi connectivity index (χ4n) is 2.58. The molecule has 1 aliphatic heterocycles. The zero-order valence-electron chi connectivity index (χ0n) is 13.0. The molecule has 0 saturated carbocycles. The Kier molecular flexibility index (Phi) is 5.76. The van der Waals surface area contributed by atoms with E-state index >= 15 is 0 Å². The fourth-order valence-corrected chi connectivity index (χ4v) is 4.44. The highest BCUT2D eigenvalue weighted by Gasteiger charge is 2.30. The molecule has 1 fully saturated rings. The second-order valence-electron chi connectivity index (χ2n) is 5.83. The van der Waals surface area contributed by atoms with Gasteiger partial charge in [-0.3, -0.25) is 9.59 Å². The topological polar surface area (TPSA) is 89.5 Å². The van der Waals surface area contributed by atoms with Crippen LogP contribution in [0.1, 0.15) is 31.4 Å². The van der Waals surface area contributed by atoms with E-state index in [4.69, 9.17) is 4.74 Å². The summed E-state index contributed by atoms with van der Waals surface area (Å²) in [5.41, 5.74) is 0.961. The number of hydrogen-bond donors (Lipinski definition) is 1. The summed E-state index contributed by atoms with van der Waals surface area (Å²) >= 11 is 0. The molecule has 1 amide bonds. The monoisotopic (exact) mass is 339 g/mol. The molecule has 0 spiro atoms. The standard InChI is InChI=1S/C16H21NO5S/c1-12(14-5-3-2-4-6-14)17-15(18)10-22-16(19)9-13-7-8-23(20,21)11-13/h2-6,12-13H,7-11H2,1H3,(H,17,18)/t12-,13+/m0/s1. The van der Waals surface area contributed by atoms with E-state index in [1.165, 1.54) is 0 Å². The molecule has 1 N–H and O–H groups in total. The second kappa shape index (κ2) is 7.59. The molecule has 1 aromatic rings. The molecule has 0 unspecified atom stereocenters. The smallest absolute Gasteiger partial charge is 0.306 e. The molecule has 1 heterocycles. The minimum Gasteiger partial charge on any atom is -0.456 e. The van der Waals surface area contributed by atoms with Crippen LogP contribution in [0.2, 0.25) is 0 Å². The van der Waals surface area contributed by atoms with Gasteiger partial charge >= 0.3 is 5.97 Å². The third-order valence-corrected chi connectivity index (χ3v) is 5.66. The molecule has 7 heteroatoms. The van der Waals surface area contributed by atoms with Gasteiger partial charge in [-0.05, 0) is 24.8 Å². The van der Waals surface area contributed by atoms with Gasteiger partial charge < -0.3 is 10.1 Å². The number of ether oxygens (including phenoxy) is 1. The zero-order valence-corrected chi connectivity index (χ0v) is 13.8. The molecule has 1 aliphatic rings. The summed E-state index contributed by atoms with van der Waals surface area (Å²) in [5, 5.41) is 2.75. The van der Waals surface area contributed by atoms with Gasteiger partial charge in [-0.25, -0.2) is 8.42 Å². The van der Waals surface area contributed by atoms with Crippen LogP contribution in [0.25, 0.3) is 0 Å². The quantitative estimate of drug-likeness (QED) is 0.788. The van der Waals surface area contributed by atoms with Crippen LogP contribution in [0, 0.1) is 5.92 Å². The van der Waals surface area contributed by atoms with Gasteiger partial charge in [0.2, 0.25) is 0 Å². The largest absolute Gasteiger partial charge is 0.456 e. The molecule has 23 heavy (non-hydrogen) atoms. The fraction of sp³-hybridized carbons (Fsp3) is 0.500. The first-order valence-corrected chi connectivity index (χ1v) is 9.38. The number of carbonyl (C=O) groups is 2. The predicted molar refractivity (Wildman–Crippen MR) is 85.3 cm³/mol. The Morgan fingerprint density at radius 1 is 1.30 bits per heavy atom. The molecule has 0 radical (unpaired) electrons. The first kappa shape index (κ1) is 17.5. The third-order valence-electron chi connectivity index (χ3n) is 3.82. The molecule has 0 aromatic heterocycles. The van der Waals surface area contributed by atoms with Gasteiger partial charge in [-0.2, -0.15) is 0 Å². The van der Waals surface area contributed by atoms with Crippen LogP contribution in [0.3, 0.4) is 0 Å². The normalized spacial score (nSPS) is 20.7. The molecule has 2 rings (SSSR count). The number of hydrogen-bond acceptors (Lipinski definition) is 5. The first-order chi connectivity index (χ1) is 10.9. The number of esters is 1. The Labute approximate surface area is 136 Å². The Hall–Kier alpha value is -1.89. The third kappa shape index (κ3) is 5.67. The van der Waals surface area contributed by atoms with Crippen LogP contribution in [-0.2, 0) is 24.2 Å². The van der Waals surface area contributed by atoms with E-state index in [0.29, 0.717) is 6.42 Å². The van der Waals surface area contributed by atoms with Crippen LogP contribution in [-0.4, -0.2) is 38.4 Å². The maximum atomic E-state index is 11.8. The average Bonchev–Trinajstić information content (AvgIpc) is 2.85. The lowest BCUT2D eigenvalue weighted by atomic mass is 10.1.